The molecule has 0 aliphatic carbocycles. The zero-order valence-corrected chi connectivity index (χ0v) is 23.5. The minimum absolute atomic E-state index is 0.229. The number of methoxy groups -OCH3 is 1. The number of rotatable bonds is 8. The summed E-state index contributed by atoms with van der Waals surface area (Å²) in [6.45, 7) is 4.24. The van der Waals surface area contributed by atoms with E-state index in [0.717, 1.165) is 39.9 Å². The van der Waals surface area contributed by atoms with Gasteiger partial charge in [-0.2, -0.15) is 5.10 Å². The van der Waals surface area contributed by atoms with Crippen LogP contribution in [0.5, 0.6) is 11.5 Å². The number of nitrogens with two attached hydrogens (primary N) is 1. The average molecular weight is 583 g/mol. The molecule has 0 amide bonds. The van der Waals surface area contributed by atoms with E-state index in [2.05, 4.69) is 49.7 Å². The maximum absolute atomic E-state index is 12.3. The van der Waals surface area contributed by atoms with E-state index in [-0.39, 0.29) is 17.6 Å². The molecule has 3 aromatic carbocycles. The predicted molar refractivity (Wildman–Crippen MR) is 160 cm³/mol. The molecule has 1 atom stereocenters. The molecule has 4 rings (SSSR count). The van der Waals surface area contributed by atoms with E-state index in [1.54, 1.807) is 37.2 Å². The number of ether oxygens (including phenoxy) is 2. The molecule has 0 bridgehead atoms. The highest BCUT2D eigenvalue weighted by Crippen LogP contribution is 2.33. The van der Waals surface area contributed by atoms with Crippen molar-refractivity contribution in [1.29, 1.82) is 0 Å². The second-order valence-electron chi connectivity index (χ2n) is 9.06. The summed E-state index contributed by atoms with van der Waals surface area (Å²) in [5.74, 6) is 1.68. The Morgan fingerprint density at radius 3 is 2.41 bits per heavy atom. The van der Waals surface area contributed by atoms with Crippen LogP contribution in [-0.2, 0) is 0 Å². The second-order valence-corrected chi connectivity index (χ2v) is 10.1. The minimum atomic E-state index is -4.75. The number of hydrogen-bond donors (Lipinski definition) is 1. The number of alkyl halides is 3. The summed E-state index contributed by atoms with van der Waals surface area (Å²) in [5, 5.41) is 9.71. The molecule has 1 aliphatic rings. The van der Waals surface area contributed by atoms with Gasteiger partial charge in [-0.3, -0.25) is 0 Å². The zero-order valence-electron chi connectivity index (χ0n) is 22.7. The van der Waals surface area contributed by atoms with Crippen molar-refractivity contribution in [2.75, 3.05) is 17.8 Å². The number of hydrogen-bond acceptors (Lipinski definition) is 6. The van der Waals surface area contributed by atoms with Crippen LogP contribution >= 0.6 is 11.8 Å². The Labute approximate surface area is 240 Å². The number of aryl methyl sites for hydroxylation is 1. The van der Waals surface area contributed by atoms with Gasteiger partial charge in [-0.25, -0.2) is 9.98 Å². The van der Waals surface area contributed by atoms with E-state index in [1.807, 2.05) is 24.3 Å². The van der Waals surface area contributed by atoms with Crippen molar-refractivity contribution in [2.45, 2.75) is 32.7 Å². The van der Waals surface area contributed by atoms with Gasteiger partial charge in [0.15, 0.2) is 5.17 Å². The van der Waals surface area contributed by atoms with E-state index in [1.165, 1.54) is 30.6 Å². The van der Waals surface area contributed by atoms with Crippen LogP contribution in [0.2, 0.25) is 0 Å². The molecule has 0 spiro atoms. The highest BCUT2D eigenvalue weighted by Gasteiger charge is 2.31. The lowest BCUT2D eigenvalue weighted by molar-refractivity contribution is -0.274. The molecule has 1 saturated heterocycles. The van der Waals surface area contributed by atoms with Gasteiger partial charge < -0.3 is 20.1 Å². The van der Waals surface area contributed by atoms with Gasteiger partial charge in [-0.1, -0.05) is 36.0 Å². The Balaban J connectivity index is 1.40. The van der Waals surface area contributed by atoms with Gasteiger partial charge in [0.25, 0.3) is 0 Å². The normalized spacial score (nSPS) is 17.5. The van der Waals surface area contributed by atoms with Crippen LogP contribution < -0.4 is 20.1 Å². The zero-order chi connectivity index (χ0) is 29.4. The van der Waals surface area contributed by atoms with Crippen LogP contribution in [0.1, 0.15) is 30.0 Å². The maximum atomic E-state index is 12.3. The topological polar surface area (TPSA) is 97.2 Å². The van der Waals surface area contributed by atoms with E-state index < -0.39 is 6.36 Å². The molecule has 1 aliphatic heterocycles. The third kappa shape index (κ3) is 8.34. The number of aliphatic imine (C=N–C) groups is 2. The van der Waals surface area contributed by atoms with Gasteiger partial charge in [0.05, 0.1) is 19.0 Å². The van der Waals surface area contributed by atoms with Crippen LogP contribution in [0.25, 0.3) is 0 Å². The summed E-state index contributed by atoms with van der Waals surface area (Å²) in [6, 6.07) is 18.7. The van der Waals surface area contributed by atoms with Crippen molar-refractivity contribution in [2.24, 2.45) is 25.9 Å². The highest BCUT2D eigenvalue weighted by molar-refractivity contribution is 8.14. The van der Waals surface area contributed by atoms with Crippen LogP contribution in [0.3, 0.4) is 0 Å². The first-order chi connectivity index (χ1) is 19.6. The van der Waals surface area contributed by atoms with Crippen LogP contribution in [0, 0.1) is 6.92 Å². The maximum Gasteiger partial charge on any atom is 0.573 e. The number of benzene rings is 3. The van der Waals surface area contributed by atoms with Crippen LogP contribution in [0.15, 0.2) is 86.9 Å². The molecule has 12 heteroatoms. The summed E-state index contributed by atoms with van der Waals surface area (Å²) in [7, 11) is 1.66. The molecular weight excluding hydrogens is 553 g/mol. The van der Waals surface area contributed by atoms with Crippen molar-refractivity contribution in [3.63, 3.8) is 0 Å². The number of nitrogens with zero attached hydrogens (tertiary/aromatic N) is 5. The van der Waals surface area contributed by atoms with Crippen molar-refractivity contribution < 1.29 is 22.6 Å². The van der Waals surface area contributed by atoms with Gasteiger partial charge in [0.1, 0.15) is 23.7 Å². The quantitative estimate of drug-likeness (QED) is 0.181. The number of anilines is 1. The number of amidine groups is 2. The second kappa shape index (κ2) is 13.4. The summed E-state index contributed by atoms with van der Waals surface area (Å²) in [4.78, 5) is 10.4. The van der Waals surface area contributed by atoms with Gasteiger partial charge in [0, 0.05) is 23.0 Å². The molecule has 1 heterocycles. The smallest absolute Gasteiger partial charge is 0.497 e. The average Bonchev–Trinajstić information content (AvgIpc) is 2.94. The third-order valence-electron chi connectivity index (χ3n) is 6.11. The first kappa shape index (κ1) is 29.7. The molecule has 214 valence electrons. The Hall–Kier alpha value is -4.32. The monoisotopic (exact) mass is 582 g/mol. The highest BCUT2D eigenvalue weighted by atomic mass is 32.2. The summed E-state index contributed by atoms with van der Waals surface area (Å²) < 4.78 is 46.0. The molecule has 8 nitrogen and oxygen atoms in total. The largest absolute Gasteiger partial charge is 0.573 e. The number of thioether (sulfide) groups is 1. The molecular formula is C29H29F3N6O2S. The van der Waals surface area contributed by atoms with Crippen molar-refractivity contribution >= 4 is 46.7 Å². The van der Waals surface area contributed by atoms with Crippen LogP contribution in [-0.4, -0.2) is 48.8 Å². The van der Waals surface area contributed by atoms with Crippen molar-refractivity contribution in [3.8, 4) is 11.5 Å². The van der Waals surface area contributed by atoms with Gasteiger partial charge >= 0.3 is 6.36 Å². The Kier molecular flexibility index (Phi) is 9.66. The molecule has 41 heavy (non-hydrogen) atoms. The minimum Gasteiger partial charge on any atom is -0.497 e. The lowest BCUT2D eigenvalue weighted by Gasteiger charge is -2.36. The van der Waals surface area contributed by atoms with Gasteiger partial charge in [-0.05, 0) is 73.9 Å². The first-order valence-electron chi connectivity index (χ1n) is 12.6. The van der Waals surface area contributed by atoms with Gasteiger partial charge in [0.2, 0.25) is 0 Å². The first-order valence-corrected chi connectivity index (χ1v) is 13.6. The fraction of sp³-hybridized carbons (Fsp3) is 0.241. The molecule has 0 aromatic heterocycles. The lowest BCUT2D eigenvalue weighted by Crippen LogP contribution is -2.41. The van der Waals surface area contributed by atoms with E-state index >= 15 is 0 Å². The number of halogens is 3. The van der Waals surface area contributed by atoms with E-state index in [0.29, 0.717) is 11.3 Å². The summed E-state index contributed by atoms with van der Waals surface area (Å²) in [6.07, 6.45) is -0.794. The fourth-order valence-electron chi connectivity index (χ4n) is 4.00. The molecule has 2 N–H and O–H groups in total. The molecule has 1 unspecified atom stereocenters. The molecule has 3 aromatic rings. The molecule has 0 saturated carbocycles. The summed E-state index contributed by atoms with van der Waals surface area (Å²) in [5.41, 5.74) is 10.1. The third-order valence-corrected chi connectivity index (χ3v) is 7.08. The van der Waals surface area contributed by atoms with Gasteiger partial charge in [-0.15, -0.1) is 18.3 Å². The molecule has 1 fully saturated rings. The van der Waals surface area contributed by atoms with E-state index in [9.17, 15) is 13.2 Å². The van der Waals surface area contributed by atoms with Crippen LogP contribution in [0.4, 0.5) is 24.5 Å². The molecule has 0 radical (unpaired) electrons. The predicted octanol–water partition coefficient (Wildman–Crippen LogP) is 6.69. The SMILES string of the molecule is COc1ccc(N2/C(=N/N=C/c3ccc(C(N)=NC=Nc4ccc(OC(F)(F)F)cc4)cc3)SCCC2C)c(C)c1. The summed E-state index contributed by atoms with van der Waals surface area (Å²) >= 11 is 1.67. The Bertz CT molecular complexity index is 1450. The lowest BCUT2D eigenvalue weighted by atomic mass is 10.1. The van der Waals surface area contributed by atoms with Crippen molar-refractivity contribution in [1.82, 2.24) is 0 Å². The van der Waals surface area contributed by atoms with E-state index in [4.69, 9.17) is 10.5 Å². The Morgan fingerprint density at radius 2 is 1.76 bits per heavy atom. The fourth-order valence-corrected chi connectivity index (χ4v) is 5.17. The standard InChI is InChI=1S/C29H29F3N6O2S/c1-19-16-25(39-3)12-13-26(19)38-20(2)14-15-41-28(38)37-36-17-21-4-6-22(7-5-21)27(33)35-18-34-23-8-10-24(11-9-23)40-29(30,31)32/h4-13,16-18,20H,14-15H2,1-3H3,(H2,33,34,35)/b36-17+,37-28-. The Morgan fingerprint density at radius 1 is 1.05 bits per heavy atom. The van der Waals surface area contributed by atoms with Crippen molar-refractivity contribution in [3.05, 3.63) is 83.4 Å².